The Balaban J connectivity index is 3.23. The van der Waals surface area contributed by atoms with Crippen LogP contribution in [-0.4, -0.2) is 51.1 Å². The number of hydrogen-bond donors (Lipinski definition) is 4. The third-order valence-electron chi connectivity index (χ3n) is 5.74. The minimum absolute atomic E-state index is 0.172. The van der Waals surface area contributed by atoms with E-state index >= 15 is 0 Å². The first-order valence-electron chi connectivity index (χ1n) is 13.7. The molecule has 0 aromatic heterocycles. The standard InChI is InChI=1S/C26H54N4O2/c1-3-5-7-9-11-13-15-17-25(31)29-23-21-27-19-20-28-22-24-30-26(32)18-16-14-12-10-8-6-4-2/h27-28H,3-24H2,1-2H3,(H,29,31)(H,30,32). The van der Waals surface area contributed by atoms with Gasteiger partial charge in [-0.25, -0.2) is 0 Å². The van der Waals surface area contributed by atoms with Gasteiger partial charge in [-0.1, -0.05) is 90.9 Å². The minimum atomic E-state index is 0.172. The van der Waals surface area contributed by atoms with Gasteiger partial charge in [-0.3, -0.25) is 9.59 Å². The summed E-state index contributed by atoms with van der Waals surface area (Å²) in [5.74, 6) is 0.344. The van der Waals surface area contributed by atoms with E-state index in [4.69, 9.17) is 0 Å². The molecule has 6 heteroatoms. The van der Waals surface area contributed by atoms with Gasteiger partial charge in [0.05, 0.1) is 0 Å². The molecule has 6 nitrogen and oxygen atoms in total. The van der Waals surface area contributed by atoms with Gasteiger partial charge < -0.3 is 21.3 Å². The Morgan fingerprint density at radius 3 is 1.12 bits per heavy atom. The van der Waals surface area contributed by atoms with Crippen LogP contribution in [0.1, 0.15) is 117 Å². The van der Waals surface area contributed by atoms with Gasteiger partial charge in [0.1, 0.15) is 0 Å². The van der Waals surface area contributed by atoms with Crippen molar-refractivity contribution in [3.05, 3.63) is 0 Å². The van der Waals surface area contributed by atoms with Gasteiger partial charge in [-0.15, -0.1) is 0 Å². The molecule has 0 aromatic rings. The van der Waals surface area contributed by atoms with Gasteiger partial charge in [-0.2, -0.15) is 0 Å². The Labute approximate surface area is 198 Å². The Morgan fingerprint density at radius 2 is 0.750 bits per heavy atom. The molecule has 0 bridgehead atoms. The Morgan fingerprint density at radius 1 is 0.438 bits per heavy atom. The molecule has 0 saturated carbocycles. The lowest BCUT2D eigenvalue weighted by Crippen LogP contribution is -2.37. The molecule has 0 atom stereocenters. The first-order chi connectivity index (χ1) is 15.7. The third kappa shape index (κ3) is 25.1. The molecular weight excluding hydrogens is 400 g/mol. The number of amides is 2. The lowest BCUT2D eigenvalue weighted by molar-refractivity contribution is -0.122. The van der Waals surface area contributed by atoms with Crippen molar-refractivity contribution in [3.8, 4) is 0 Å². The van der Waals surface area contributed by atoms with Crippen molar-refractivity contribution in [2.24, 2.45) is 0 Å². The largest absolute Gasteiger partial charge is 0.355 e. The maximum absolute atomic E-state index is 11.8. The second-order valence-corrected chi connectivity index (χ2v) is 8.94. The SMILES string of the molecule is CCCCCCCCCC(=O)NCCNCCNCCNC(=O)CCCCCCCCC. The minimum Gasteiger partial charge on any atom is -0.355 e. The van der Waals surface area contributed by atoms with E-state index in [-0.39, 0.29) is 11.8 Å². The topological polar surface area (TPSA) is 82.3 Å². The van der Waals surface area contributed by atoms with Gasteiger partial charge >= 0.3 is 0 Å². The normalized spacial score (nSPS) is 10.9. The van der Waals surface area contributed by atoms with Gasteiger partial charge in [0.15, 0.2) is 0 Å². The monoisotopic (exact) mass is 454 g/mol. The molecule has 2 amide bonds. The molecule has 0 aliphatic heterocycles. The van der Waals surface area contributed by atoms with E-state index in [2.05, 4.69) is 35.1 Å². The van der Waals surface area contributed by atoms with Crippen molar-refractivity contribution in [1.82, 2.24) is 21.3 Å². The lowest BCUT2D eigenvalue weighted by atomic mass is 10.1. The van der Waals surface area contributed by atoms with Gasteiger partial charge in [0, 0.05) is 52.1 Å². The number of unbranched alkanes of at least 4 members (excludes halogenated alkanes) is 12. The molecule has 0 aromatic carbocycles. The molecule has 0 aliphatic rings. The Bertz CT molecular complexity index is 381. The molecular formula is C26H54N4O2. The summed E-state index contributed by atoms with van der Waals surface area (Å²) < 4.78 is 0. The predicted octanol–water partition coefficient (Wildman–Crippen LogP) is 4.68. The summed E-state index contributed by atoms with van der Waals surface area (Å²) in [4.78, 5) is 23.6. The van der Waals surface area contributed by atoms with E-state index in [0.29, 0.717) is 25.9 Å². The maximum atomic E-state index is 11.8. The second-order valence-electron chi connectivity index (χ2n) is 8.94. The zero-order chi connectivity index (χ0) is 23.5. The quantitative estimate of drug-likeness (QED) is 0.151. The average Bonchev–Trinajstić information content (AvgIpc) is 2.79. The highest BCUT2D eigenvalue weighted by molar-refractivity contribution is 5.76. The molecule has 0 unspecified atom stereocenters. The van der Waals surface area contributed by atoms with Gasteiger partial charge in [0.2, 0.25) is 11.8 Å². The van der Waals surface area contributed by atoms with Crippen LogP contribution in [0, 0.1) is 0 Å². The number of hydrogen-bond acceptors (Lipinski definition) is 4. The van der Waals surface area contributed by atoms with Gasteiger partial charge in [0.25, 0.3) is 0 Å². The summed E-state index contributed by atoms with van der Waals surface area (Å²) in [5, 5.41) is 12.6. The van der Waals surface area contributed by atoms with Crippen LogP contribution in [0.15, 0.2) is 0 Å². The van der Waals surface area contributed by atoms with Crippen LogP contribution < -0.4 is 21.3 Å². The summed E-state index contributed by atoms with van der Waals surface area (Å²) in [6.45, 7) is 9.14. The second kappa shape index (κ2) is 26.1. The fourth-order valence-corrected chi connectivity index (χ4v) is 3.67. The van der Waals surface area contributed by atoms with Gasteiger partial charge in [-0.05, 0) is 12.8 Å². The first-order valence-corrected chi connectivity index (χ1v) is 13.7. The molecule has 0 rings (SSSR count). The van der Waals surface area contributed by atoms with Crippen LogP contribution in [0.4, 0.5) is 0 Å². The molecule has 0 saturated heterocycles. The summed E-state index contributed by atoms with van der Waals surface area (Å²) >= 11 is 0. The summed E-state index contributed by atoms with van der Waals surface area (Å²) in [5.41, 5.74) is 0. The molecule has 190 valence electrons. The zero-order valence-corrected chi connectivity index (χ0v) is 21.4. The van der Waals surface area contributed by atoms with Crippen molar-refractivity contribution in [3.63, 3.8) is 0 Å². The van der Waals surface area contributed by atoms with Crippen LogP contribution >= 0.6 is 0 Å². The molecule has 0 fully saturated rings. The summed E-state index contributed by atoms with van der Waals surface area (Å²) in [6.07, 6.45) is 18.7. The predicted molar refractivity (Wildman–Crippen MR) is 137 cm³/mol. The highest BCUT2D eigenvalue weighted by Gasteiger charge is 2.01. The zero-order valence-electron chi connectivity index (χ0n) is 21.4. The van der Waals surface area contributed by atoms with Crippen molar-refractivity contribution in [1.29, 1.82) is 0 Å². The van der Waals surface area contributed by atoms with Crippen LogP contribution in [0.25, 0.3) is 0 Å². The molecule has 4 N–H and O–H groups in total. The number of rotatable bonds is 25. The van der Waals surface area contributed by atoms with Crippen molar-refractivity contribution >= 4 is 11.8 Å². The van der Waals surface area contributed by atoms with Crippen LogP contribution in [0.5, 0.6) is 0 Å². The van der Waals surface area contributed by atoms with E-state index in [0.717, 1.165) is 39.0 Å². The van der Waals surface area contributed by atoms with Crippen LogP contribution in [0.2, 0.25) is 0 Å². The molecule has 0 aliphatic carbocycles. The van der Waals surface area contributed by atoms with E-state index in [1.54, 1.807) is 0 Å². The van der Waals surface area contributed by atoms with E-state index in [9.17, 15) is 9.59 Å². The molecule has 0 heterocycles. The Kier molecular flexibility index (Phi) is 25.2. The van der Waals surface area contributed by atoms with Crippen molar-refractivity contribution < 1.29 is 9.59 Å². The summed E-state index contributed by atoms with van der Waals surface area (Å²) in [6, 6.07) is 0. The highest BCUT2D eigenvalue weighted by Crippen LogP contribution is 2.09. The van der Waals surface area contributed by atoms with Crippen LogP contribution in [-0.2, 0) is 9.59 Å². The van der Waals surface area contributed by atoms with Crippen LogP contribution in [0.3, 0.4) is 0 Å². The number of nitrogens with one attached hydrogen (secondary N) is 4. The van der Waals surface area contributed by atoms with E-state index in [1.807, 2.05) is 0 Å². The molecule has 0 spiro atoms. The van der Waals surface area contributed by atoms with Crippen molar-refractivity contribution in [2.75, 3.05) is 39.3 Å². The maximum Gasteiger partial charge on any atom is 0.220 e. The summed E-state index contributed by atoms with van der Waals surface area (Å²) in [7, 11) is 0. The molecule has 0 radical (unpaired) electrons. The lowest BCUT2D eigenvalue weighted by Gasteiger charge is -2.09. The fraction of sp³-hybridized carbons (Fsp3) is 0.923. The highest BCUT2D eigenvalue weighted by atomic mass is 16.2. The number of carbonyl (C=O) groups is 2. The van der Waals surface area contributed by atoms with Crippen molar-refractivity contribution in [2.45, 2.75) is 117 Å². The number of carbonyl (C=O) groups excluding carboxylic acids is 2. The van der Waals surface area contributed by atoms with E-state index < -0.39 is 0 Å². The van der Waals surface area contributed by atoms with E-state index in [1.165, 1.54) is 77.0 Å². The Hall–Kier alpha value is -1.14. The fourth-order valence-electron chi connectivity index (χ4n) is 3.67. The smallest absolute Gasteiger partial charge is 0.220 e. The average molecular weight is 455 g/mol. The molecule has 32 heavy (non-hydrogen) atoms. The first kappa shape index (κ1) is 30.9. The third-order valence-corrected chi connectivity index (χ3v) is 5.74.